The van der Waals surface area contributed by atoms with Crippen molar-refractivity contribution in [2.45, 2.75) is 25.3 Å². The predicted molar refractivity (Wildman–Crippen MR) is 71.3 cm³/mol. The Bertz CT molecular complexity index is 332. The van der Waals surface area contributed by atoms with Gasteiger partial charge in [-0.15, -0.1) is 0 Å². The molecule has 1 saturated heterocycles. The maximum atomic E-state index is 13.8. The van der Waals surface area contributed by atoms with E-state index in [2.05, 4.69) is 5.32 Å². The number of piperidine rings is 1. The summed E-state index contributed by atoms with van der Waals surface area (Å²) in [6.07, 6.45) is 3.27. The Morgan fingerprint density at radius 2 is 2.21 bits per heavy atom. The van der Waals surface area contributed by atoms with E-state index in [-0.39, 0.29) is 13.0 Å². The fraction of sp³-hybridized carbons (Fsp3) is 0.769. The lowest BCUT2D eigenvalue weighted by atomic mass is 10.0. The monoisotopic (exact) mass is 275 g/mol. The first-order chi connectivity index (χ1) is 8.85. The molecule has 4 nitrogen and oxygen atoms in total. The lowest BCUT2D eigenvalue weighted by Crippen LogP contribution is -2.58. The number of hydrogen-bond acceptors (Lipinski definition) is 3. The highest BCUT2D eigenvalue weighted by molar-refractivity contribution is 5.87. The Hall–Kier alpha value is -1.01. The molecule has 19 heavy (non-hydrogen) atoms. The van der Waals surface area contributed by atoms with Crippen molar-refractivity contribution in [3.8, 4) is 0 Å². The minimum atomic E-state index is -2.86. The maximum absolute atomic E-state index is 13.8. The molecule has 1 unspecified atom stereocenters. The molecule has 0 bridgehead atoms. The van der Waals surface area contributed by atoms with Gasteiger partial charge in [0.1, 0.15) is 0 Å². The molecule has 1 rings (SSSR count). The lowest BCUT2D eigenvalue weighted by Gasteiger charge is -2.37. The molecule has 0 radical (unpaired) electrons. The van der Waals surface area contributed by atoms with Crippen molar-refractivity contribution < 1.29 is 13.6 Å². The van der Waals surface area contributed by atoms with E-state index in [9.17, 15) is 13.6 Å². The van der Waals surface area contributed by atoms with Crippen molar-refractivity contribution in [2.24, 2.45) is 0 Å². The van der Waals surface area contributed by atoms with Gasteiger partial charge in [-0.1, -0.05) is 13.0 Å². The van der Waals surface area contributed by atoms with Crippen molar-refractivity contribution in [1.82, 2.24) is 15.1 Å². The highest BCUT2D eigenvalue weighted by Crippen LogP contribution is 2.27. The van der Waals surface area contributed by atoms with Gasteiger partial charge < -0.3 is 10.2 Å². The van der Waals surface area contributed by atoms with Crippen molar-refractivity contribution in [3.05, 3.63) is 12.2 Å². The van der Waals surface area contributed by atoms with Crippen LogP contribution in [0.3, 0.4) is 0 Å². The smallest absolute Gasteiger partial charge is 0.280 e. The number of likely N-dealkylation sites (N-methyl/N-ethyl adjacent to an activating group) is 1. The Balaban J connectivity index is 2.48. The Kier molecular flexibility index (Phi) is 5.87. The molecule has 1 atom stereocenters. The summed E-state index contributed by atoms with van der Waals surface area (Å²) < 4.78 is 27.7. The highest BCUT2D eigenvalue weighted by atomic mass is 19.3. The first-order valence-electron chi connectivity index (χ1n) is 6.57. The van der Waals surface area contributed by atoms with Gasteiger partial charge in [0.15, 0.2) is 0 Å². The largest absolute Gasteiger partial charge is 0.344 e. The van der Waals surface area contributed by atoms with E-state index < -0.39 is 17.9 Å². The normalized spacial score (nSPS) is 24.0. The van der Waals surface area contributed by atoms with Crippen LogP contribution in [0.25, 0.3) is 0 Å². The molecule has 1 aliphatic rings. The molecule has 0 aliphatic carbocycles. The predicted octanol–water partition coefficient (Wildman–Crippen LogP) is 0.950. The zero-order chi connectivity index (χ0) is 14.5. The first-order valence-corrected chi connectivity index (χ1v) is 6.57. The molecule has 1 heterocycles. The summed E-state index contributed by atoms with van der Waals surface area (Å²) in [5.41, 5.74) is 0. The number of alkyl halides is 2. The van der Waals surface area contributed by atoms with E-state index >= 15 is 0 Å². The average Bonchev–Trinajstić information content (AvgIpc) is 2.30. The second kappa shape index (κ2) is 6.96. The number of amides is 1. The van der Waals surface area contributed by atoms with E-state index in [1.54, 1.807) is 11.0 Å². The number of likely N-dealkylation sites (tertiary alicyclic amines) is 1. The van der Waals surface area contributed by atoms with Gasteiger partial charge in [-0.05, 0) is 27.1 Å². The molecule has 0 aromatic rings. The van der Waals surface area contributed by atoms with Gasteiger partial charge >= 0.3 is 0 Å². The van der Waals surface area contributed by atoms with E-state index in [4.69, 9.17) is 0 Å². The average molecular weight is 275 g/mol. The number of halogens is 2. The zero-order valence-corrected chi connectivity index (χ0v) is 11.8. The fourth-order valence-corrected chi connectivity index (χ4v) is 2.05. The van der Waals surface area contributed by atoms with Gasteiger partial charge in [0.25, 0.3) is 5.92 Å². The summed E-state index contributed by atoms with van der Waals surface area (Å²) in [4.78, 5) is 15.2. The fourth-order valence-electron chi connectivity index (χ4n) is 2.05. The van der Waals surface area contributed by atoms with Gasteiger partial charge in [-0.3, -0.25) is 9.69 Å². The standard InChI is InChI=1S/C13H23F2N3O/c1-4-18-9-7-11(13(14,15)10-18)16-12(19)6-5-8-17(2)3/h5-6,11H,4,7-10H2,1-3H3,(H,16,19)/b6-5+. The number of nitrogens with zero attached hydrogens (tertiary/aromatic N) is 2. The van der Waals surface area contributed by atoms with E-state index in [1.807, 2.05) is 25.9 Å². The Morgan fingerprint density at radius 3 is 2.74 bits per heavy atom. The van der Waals surface area contributed by atoms with Gasteiger partial charge in [0, 0.05) is 19.2 Å². The number of rotatable bonds is 5. The Morgan fingerprint density at radius 1 is 1.53 bits per heavy atom. The van der Waals surface area contributed by atoms with Gasteiger partial charge in [0.05, 0.1) is 12.6 Å². The molecule has 1 amide bonds. The SMILES string of the molecule is CCN1CCC(NC(=O)/C=C/CN(C)C)C(F)(F)C1. The zero-order valence-electron chi connectivity index (χ0n) is 11.8. The summed E-state index contributed by atoms with van der Waals surface area (Å²) in [6, 6.07) is -1.06. The summed E-state index contributed by atoms with van der Waals surface area (Å²) in [5.74, 6) is -3.31. The summed E-state index contributed by atoms with van der Waals surface area (Å²) in [5, 5.41) is 2.41. The number of carbonyl (C=O) groups is 1. The summed E-state index contributed by atoms with van der Waals surface area (Å²) >= 11 is 0. The van der Waals surface area contributed by atoms with E-state index in [1.165, 1.54) is 6.08 Å². The van der Waals surface area contributed by atoms with Crippen molar-refractivity contribution in [1.29, 1.82) is 0 Å². The van der Waals surface area contributed by atoms with Gasteiger partial charge in [0.2, 0.25) is 5.91 Å². The van der Waals surface area contributed by atoms with Crippen molar-refractivity contribution >= 4 is 5.91 Å². The maximum Gasteiger partial charge on any atom is 0.280 e. The second-order valence-electron chi connectivity index (χ2n) is 5.14. The molecule has 1 N–H and O–H groups in total. The van der Waals surface area contributed by atoms with Gasteiger partial charge in [-0.2, -0.15) is 0 Å². The van der Waals surface area contributed by atoms with Crippen LogP contribution in [0.5, 0.6) is 0 Å². The minimum Gasteiger partial charge on any atom is -0.344 e. The molecule has 0 aromatic carbocycles. The van der Waals surface area contributed by atoms with Crippen LogP contribution in [-0.2, 0) is 4.79 Å². The van der Waals surface area contributed by atoms with Crippen LogP contribution < -0.4 is 5.32 Å². The molecule has 1 fully saturated rings. The number of nitrogens with one attached hydrogen (secondary N) is 1. The van der Waals surface area contributed by atoms with Crippen LogP contribution >= 0.6 is 0 Å². The third kappa shape index (κ3) is 5.24. The minimum absolute atomic E-state index is 0.282. The molecule has 0 aromatic heterocycles. The molecule has 6 heteroatoms. The van der Waals surface area contributed by atoms with Crippen LogP contribution in [0, 0.1) is 0 Å². The van der Waals surface area contributed by atoms with Crippen LogP contribution in [0.2, 0.25) is 0 Å². The number of carbonyl (C=O) groups excluding carboxylic acids is 1. The van der Waals surface area contributed by atoms with Crippen molar-refractivity contribution in [2.75, 3.05) is 40.3 Å². The number of hydrogen-bond donors (Lipinski definition) is 1. The third-order valence-corrected chi connectivity index (χ3v) is 3.18. The van der Waals surface area contributed by atoms with Crippen LogP contribution in [-0.4, -0.2) is 67.9 Å². The molecular formula is C13H23F2N3O. The summed E-state index contributed by atoms with van der Waals surface area (Å²) in [7, 11) is 3.74. The van der Waals surface area contributed by atoms with Crippen LogP contribution in [0.1, 0.15) is 13.3 Å². The molecule has 0 saturated carbocycles. The quantitative estimate of drug-likeness (QED) is 0.759. The first kappa shape index (κ1) is 16.0. The second-order valence-corrected chi connectivity index (χ2v) is 5.14. The summed E-state index contributed by atoms with van der Waals surface area (Å²) in [6.45, 7) is 3.39. The molecule has 0 spiro atoms. The molecule has 1 aliphatic heterocycles. The topological polar surface area (TPSA) is 35.6 Å². The molecule has 110 valence electrons. The van der Waals surface area contributed by atoms with E-state index in [0.717, 1.165) is 0 Å². The van der Waals surface area contributed by atoms with Crippen molar-refractivity contribution in [3.63, 3.8) is 0 Å². The third-order valence-electron chi connectivity index (χ3n) is 3.18. The highest BCUT2D eigenvalue weighted by Gasteiger charge is 2.44. The van der Waals surface area contributed by atoms with E-state index in [0.29, 0.717) is 19.6 Å². The Labute approximate surface area is 113 Å². The van der Waals surface area contributed by atoms with Crippen LogP contribution in [0.15, 0.2) is 12.2 Å². The van der Waals surface area contributed by atoms with Gasteiger partial charge in [-0.25, -0.2) is 8.78 Å². The van der Waals surface area contributed by atoms with Crippen LogP contribution in [0.4, 0.5) is 8.78 Å². The lowest BCUT2D eigenvalue weighted by molar-refractivity contribution is -0.126. The molecular weight excluding hydrogens is 252 g/mol.